The van der Waals surface area contributed by atoms with E-state index in [2.05, 4.69) is 5.10 Å². The van der Waals surface area contributed by atoms with E-state index in [1.807, 2.05) is 31.2 Å². The van der Waals surface area contributed by atoms with Gasteiger partial charge in [0.2, 0.25) is 5.91 Å². The van der Waals surface area contributed by atoms with Gasteiger partial charge in [0, 0.05) is 18.9 Å². The summed E-state index contributed by atoms with van der Waals surface area (Å²) in [6.07, 6.45) is 0.515. The predicted octanol–water partition coefficient (Wildman–Crippen LogP) is 2.27. The summed E-state index contributed by atoms with van der Waals surface area (Å²) in [4.78, 5) is 12.0. The summed E-state index contributed by atoms with van der Waals surface area (Å²) in [5.74, 6) is -0.0663. The first kappa shape index (κ1) is 18.1. The van der Waals surface area contributed by atoms with E-state index in [1.54, 1.807) is 18.2 Å². The summed E-state index contributed by atoms with van der Waals surface area (Å²) < 4.78 is 26.9. The van der Waals surface area contributed by atoms with Crippen molar-refractivity contribution in [2.45, 2.75) is 26.3 Å². The Hall–Kier alpha value is -2.71. The van der Waals surface area contributed by atoms with Crippen LogP contribution in [0.5, 0.6) is 5.75 Å². The Kier molecular flexibility index (Phi) is 4.80. The topological polar surface area (TPSA) is 102 Å². The van der Waals surface area contributed by atoms with Crippen molar-refractivity contribution in [3.05, 3.63) is 65.2 Å². The minimum Gasteiger partial charge on any atom is -0.371 e. The molecule has 1 aliphatic heterocycles. The van der Waals surface area contributed by atoms with Crippen LogP contribution in [0.25, 0.3) is 0 Å². The van der Waals surface area contributed by atoms with Crippen LogP contribution in [0.2, 0.25) is 0 Å². The smallest absolute Gasteiger partial charge is 0.371 e. The van der Waals surface area contributed by atoms with E-state index in [4.69, 9.17) is 9.32 Å². The number of nitrogens with zero attached hydrogens (tertiary/aromatic N) is 2. The van der Waals surface area contributed by atoms with Crippen molar-refractivity contribution in [1.82, 2.24) is 5.01 Å². The van der Waals surface area contributed by atoms with Gasteiger partial charge in [-0.2, -0.15) is 18.7 Å². The molecule has 1 unspecified atom stereocenters. The van der Waals surface area contributed by atoms with Gasteiger partial charge in [0.05, 0.1) is 11.8 Å². The highest BCUT2D eigenvalue weighted by molar-refractivity contribution is 7.84. The van der Waals surface area contributed by atoms with Crippen LogP contribution in [0, 0.1) is 6.92 Å². The molecule has 26 heavy (non-hydrogen) atoms. The van der Waals surface area contributed by atoms with Crippen molar-refractivity contribution < 1.29 is 17.4 Å². The molecule has 0 radical (unpaired) electrons. The number of rotatable bonds is 4. The summed E-state index contributed by atoms with van der Waals surface area (Å²) in [5, 5.41) is 10.8. The zero-order valence-corrected chi connectivity index (χ0v) is 15.2. The van der Waals surface area contributed by atoms with Gasteiger partial charge in [-0.25, -0.2) is 5.01 Å². The van der Waals surface area contributed by atoms with Gasteiger partial charge in [-0.1, -0.05) is 42.0 Å². The molecular weight excluding hydrogens is 354 g/mol. The van der Waals surface area contributed by atoms with Crippen LogP contribution in [-0.2, 0) is 15.1 Å². The van der Waals surface area contributed by atoms with Crippen molar-refractivity contribution >= 4 is 21.9 Å². The average molecular weight is 373 g/mol. The SMILES string of the molecule is CC(=O)N1N=C(c2cccc(OS(N)(=O)=O)c2)CC1c1ccc(C)cc1. The molecule has 2 N–H and O–H groups in total. The monoisotopic (exact) mass is 373 g/mol. The second kappa shape index (κ2) is 6.89. The Morgan fingerprint density at radius 3 is 2.54 bits per heavy atom. The van der Waals surface area contributed by atoms with Gasteiger partial charge in [0.15, 0.2) is 0 Å². The number of benzene rings is 2. The summed E-state index contributed by atoms with van der Waals surface area (Å²) in [6.45, 7) is 3.47. The third-order valence-corrected chi connectivity index (χ3v) is 4.50. The van der Waals surface area contributed by atoms with Gasteiger partial charge in [0.25, 0.3) is 0 Å². The van der Waals surface area contributed by atoms with Gasteiger partial charge in [-0.3, -0.25) is 4.79 Å². The lowest BCUT2D eigenvalue weighted by Crippen LogP contribution is -2.24. The van der Waals surface area contributed by atoms with Gasteiger partial charge in [-0.15, -0.1) is 0 Å². The van der Waals surface area contributed by atoms with Crippen LogP contribution >= 0.6 is 0 Å². The van der Waals surface area contributed by atoms with Gasteiger partial charge < -0.3 is 4.18 Å². The number of carbonyl (C=O) groups excluding carboxylic acids is 1. The lowest BCUT2D eigenvalue weighted by atomic mass is 9.97. The van der Waals surface area contributed by atoms with E-state index < -0.39 is 10.3 Å². The van der Waals surface area contributed by atoms with Gasteiger partial charge in [0.1, 0.15) is 5.75 Å². The maximum absolute atomic E-state index is 12.0. The lowest BCUT2D eigenvalue weighted by molar-refractivity contribution is -0.130. The quantitative estimate of drug-likeness (QED) is 0.888. The van der Waals surface area contributed by atoms with Crippen molar-refractivity contribution in [3.63, 3.8) is 0 Å². The largest absolute Gasteiger partial charge is 0.380 e. The Morgan fingerprint density at radius 1 is 1.23 bits per heavy atom. The fraction of sp³-hybridized carbons (Fsp3) is 0.222. The Balaban J connectivity index is 1.91. The zero-order valence-electron chi connectivity index (χ0n) is 14.4. The van der Waals surface area contributed by atoms with Crippen molar-refractivity contribution in [2.24, 2.45) is 10.2 Å². The number of hydrogen-bond acceptors (Lipinski definition) is 5. The lowest BCUT2D eigenvalue weighted by Gasteiger charge is -2.20. The van der Waals surface area contributed by atoms with Gasteiger partial charge in [-0.05, 0) is 24.6 Å². The maximum Gasteiger partial charge on any atom is 0.380 e. The number of hydrazone groups is 1. The third-order valence-electron chi connectivity index (χ3n) is 4.07. The molecule has 0 saturated heterocycles. The Morgan fingerprint density at radius 2 is 1.92 bits per heavy atom. The molecule has 1 heterocycles. The van der Waals surface area contributed by atoms with E-state index in [0.29, 0.717) is 17.7 Å². The molecular formula is C18H19N3O4S. The molecule has 136 valence electrons. The highest BCUT2D eigenvalue weighted by atomic mass is 32.2. The van der Waals surface area contributed by atoms with E-state index in [-0.39, 0.29) is 17.7 Å². The molecule has 0 bridgehead atoms. The molecule has 7 nitrogen and oxygen atoms in total. The van der Waals surface area contributed by atoms with E-state index in [9.17, 15) is 13.2 Å². The van der Waals surface area contributed by atoms with Gasteiger partial charge >= 0.3 is 10.3 Å². The minimum absolute atomic E-state index is 0.0980. The fourth-order valence-electron chi connectivity index (χ4n) is 2.88. The molecule has 1 aliphatic rings. The first-order valence-electron chi connectivity index (χ1n) is 7.99. The first-order chi connectivity index (χ1) is 12.2. The third kappa shape index (κ3) is 4.09. The maximum atomic E-state index is 12.0. The predicted molar refractivity (Wildman–Crippen MR) is 97.8 cm³/mol. The molecule has 1 amide bonds. The summed E-state index contributed by atoms with van der Waals surface area (Å²) in [6, 6.07) is 14.2. The normalized spacial score (nSPS) is 17.1. The molecule has 1 atom stereocenters. The molecule has 8 heteroatoms. The highest BCUT2D eigenvalue weighted by Crippen LogP contribution is 2.33. The van der Waals surface area contributed by atoms with Crippen LogP contribution < -0.4 is 9.32 Å². The van der Waals surface area contributed by atoms with E-state index >= 15 is 0 Å². The molecule has 3 rings (SSSR count). The van der Waals surface area contributed by atoms with Crippen LogP contribution in [0.15, 0.2) is 53.6 Å². The number of carbonyl (C=O) groups is 1. The van der Waals surface area contributed by atoms with Crippen molar-refractivity contribution in [3.8, 4) is 5.75 Å². The average Bonchev–Trinajstić information content (AvgIpc) is 3.00. The molecule has 0 saturated carbocycles. The molecule has 2 aromatic rings. The number of amides is 1. The van der Waals surface area contributed by atoms with E-state index in [1.165, 1.54) is 18.0 Å². The second-order valence-corrected chi connectivity index (χ2v) is 7.30. The molecule has 0 aliphatic carbocycles. The summed E-state index contributed by atoms with van der Waals surface area (Å²) in [5.41, 5.74) is 3.47. The summed E-state index contributed by atoms with van der Waals surface area (Å²) in [7, 11) is -4.10. The minimum atomic E-state index is -4.10. The van der Waals surface area contributed by atoms with Crippen LogP contribution in [0.1, 0.15) is 36.1 Å². The number of aryl methyl sites for hydroxylation is 1. The van der Waals surface area contributed by atoms with Crippen molar-refractivity contribution in [1.29, 1.82) is 0 Å². The molecule has 2 aromatic carbocycles. The van der Waals surface area contributed by atoms with Crippen molar-refractivity contribution in [2.75, 3.05) is 0 Å². The van der Waals surface area contributed by atoms with Crippen LogP contribution in [-0.4, -0.2) is 25.0 Å². The standard InChI is InChI=1S/C18H19N3O4S/c1-12-6-8-14(9-7-12)18-11-17(20-21(18)13(2)22)15-4-3-5-16(10-15)25-26(19,23)24/h3-10,18H,11H2,1-2H3,(H2,19,23,24). The molecule has 0 aromatic heterocycles. The van der Waals surface area contributed by atoms with E-state index in [0.717, 1.165) is 11.1 Å². The second-order valence-electron chi connectivity index (χ2n) is 6.14. The Bertz CT molecular complexity index is 968. The number of nitrogens with two attached hydrogens (primary N) is 1. The molecule has 0 fully saturated rings. The Labute approximate surface area is 152 Å². The van der Waals surface area contributed by atoms with Crippen LogP contribution in [0.3, 0.4) is 0 Å². The zero-order chi connectivity index (χ0) is 18.9. The highest BCUT2D eigenvalue weighted by Gasteiger charge is 2.31. The summed E-state index contributed by atoms with van der Waals surface area (Å²) >= 11 is 0. The molecule has 0 spiro atoms. The fourth-order valence-corrected chi connectivity index (χ4v) is 3.26. The van der Waals surface area contributed by atoms with Crippen LogP contribution in [0.4, 0.5) is 0 Å². The first-order valence-corrected chi connectivity index (χ1v) is 9.46. The number of hydrogen-bond donors (Lipinski definition) is 1.